The fourth-order valence-corrected chi connectivity index (χ4v) is 4.62. The standard InChI is InChI=1S/C15H20N2O5S/c1-11(13-4-3-5-14(9-13)17(19)20)16(2)15(18)8-12-6-7-23(21,22)10-12/h3-5,9,11-12H,6-8,10H2,1-2H3/t11-,12-/m0/s1. The molecular formula is C15H20N2O5S. The largest absolute Gasteiger partial charge is 0.339 e. The van der Waals surface area contributed by atoms with E-state index in [0.717, 1.165) is 0 Å². The van der Waals surface area contributed by atoms with Crippen LogP contribution in [0.1, 0.15) is 31.4 Å². The predicted molar refractivity (Wildman–Crippen MR) is 85.7 cm³/mol. The van der Waals surface area contributed by atoms with Gasteiger partial charge in [0, 0.05) is 25.6 Å². The van der Waals surface area contributed by atoms with E-state index >= 15 is 0 Å². The molecule has 0 spiro atoms. The molecule has 1 aromatic carbocycles. The van der Waals surface area contributed by atoms with Crippen molar-refractivity contribution < 1.29 is 18.1 Å². The molecule has 0 N–H and O–H groups in total. The SMILES string of the molecule is C[C@@H](c1cccc([N+](=O)[O-])c1)N(C)C(=O)C[C@@H]1CCS(=O)(=O)C1. The number of nitrogens with zero attached hydrogens (tertiary/aromatic N) is 2. The van der Waals surface area contributed by atoms with Gasteiger partial charge in [-0.1, -0.05) is 12.1 Å². The summed E-state index contributed by atoms with van der Waals surface area (Å²) in [6.07, 6.45) is 0.710. The highest BCUT2D eigenvalue weighted by molar-refractivity contribution is 7.91. The van der Waals surface area contributed by atoms with Crippen molar-refractivity contribution in [3.63, 3.8) is 0 Å². The van der Waals surface area contributed by atoms with Gasteiger partial charge >= 0.3 is 0 Å². The molecule has 1 fully saturated rings. The van der Waals surface area contributed by atoms with Crippen LogP contribution in [0.15, 0.2) is 24.3 Å². The first kappa shape index (κ1) is 17.4. The summed E-state index contributed by atoms with van der Waals surface area (Å²) < 4.78 is 22.9. The predicted octanol–water partition coefficient (Wildman–Crippen LogP) is 1.94. The van der Waals surface area contributed by atoms with Crippen LogP contribution >= 0.6 is 0 Å². The molecule has 0 aromatic heterocycles. The summed E-state index contributed by atoms with van der Waals surface area (Å²) in [4.78, 5) is 24.2. The summed E-state index contributed by atoms with van der Waals surface area (Å²) >= 11 is 0. The fraction of sp³-hybridized carbons (Fsp3) is 0.533. The number of hydrogen-bond acceptors (Lipinski definition) is 5. The van der Waals surface area contributed by atoms with Crippen LogP contribution < -0.4 is 0 Å². The molecule has 1 aliphatic heterocycles. The lowest BCUT2D eigenvalue weighted by molar-refractivity contribution is -0.384. The van der Waals surface area contributed by atoms with Gasteiger partial charge in [-0.15, -0.1) is 0 Å². The highest BCUT2D eigenvalue weighted by atomic mass is 32.2. The van der Waals surface area contributed by atoms with Crippen LogP contribution in [0.2, 0.25) is 0 Å². The third kappa shape index (κ3) is 4.28. The van der Waals surface area contributed by atoms with Crippen molar-refractivity contribution in [3.8, 4) is 0 Å². The van der Waals surface area contributed by atoms with Gasteiger partial charge in [0.15, 0.2) is 9.84 Å². The maximum atomic E-state index is 12.3. The zero-order valence-electron chi connectivity index (χ0n) is 13.1. The first-order chi connectivity index (χ1) is 10.7. The van der Waals surface area contributed by atoms with Crippen LogP contribution in [0.4, 0.5) is 5.69 Å². The zero-order chi connectivity index (χ0) is 17.2. The Morgan fingerprint density at radius 1 is 1.48 bits per heavy atom. The Morgan fingerprint density at radius 3 is 2.74 bits per heavy atom. The summed E-state index contributed by atoms with van der Waals surface area (Å²) in [5.74, 6) is -0.0641. The lowest BCUT2D eigenvalue weighted by atomic mass is 10.0. The average Bonchev–Trinajstić information content (AvgIpc) is 2.84. The van der Waals surface area contributed by atoms with Gasteiger partial charge in [0.25, 0.3) is 5.69 Å². The van der Waals surface area contributed by atoms with E-state index in [4.69, 9.17) is 0 Å². The molecule has 1 heterocycles. The lowest BCUT2D eigenvalue weighted by Gasteiger charge is -2.26. The van der Waals surface area contributed by atoms with Crippen LogP contribution in [0.25, 0.3) is 0 Å². The van der Waals surface area contributed by atoms with E-state index in [-0.39, 0.29) is 41.5 Å². The quantitative estimate of drug-likeness (QED) is 0.602. The number of hydrogen-bond donors (Lipinski definition) is 0. The Bertz CT molecular complexity index is 716. The van der Waals surface area contributed by atoms with Crippen molar-refractivity contribution in [2.24, 2.45) is 5.92 Å². The number of nitro benzene ring substituents is 1. The Balaban J connectivity index is 2.04. The third-order valence-electron chi connectivity index (χ3n) is 4.33. The first-order valence-corrected chi connectivity index (χ1v) is 9.22. The van der Waals surface area contributed by atoms with Crippen molar-refractivity contribution >= 4 is 21.4 Å². The molecule has 1 aliphatic rings. The summed E-state index contributed by atoms with van der Waals surface area (Å²) in [5.41, 5.74) is 0.658. The van der Waals surface area contributed by atoms with Crippen LogP contribution in [0, 0.1) is 16.0 Å². The molecule has 126 valence electrons. The first-order valence-electron chi connectivity index (χ1n) is 7.40. The molecule has 1 aromatic rings. The van der Waals surface area contributed by atoms with Gasteiger partial charge < -0.3 is 4.90 Å². The average molecular weight is 340 g/mol. The molecular weight excluding hydrogens is 320 g/mol. The second-order valence-corrected chi connectivity index (χ2v) is 8.23. The minimum Gasteiger partial charge on any atom is -0.339 e. The van der Waals surface area contributed by atoms with Gasteiger partial charge in [-0.3, -0.25) is 14.9 Å². The number of amides is 1. The molecule has 1 amide bonds. The number of nitro groups is 1. The molecule has 23 heavy (non-hydrogen) atoms. The van der Waals surface area contributed by atoms with E-state index in [9.17, 15) is 23.3 Å². The molecule has 0 saturated carbocycles. The van der Waals surface area contributed by atoms with Gasteiger partial charge in [-0.25, -0.2) is 8.42 Å². The van der Waals surface area contributed by atoms with E-state index in [1.165, 1.54) is 17.0 Å². The number of non-ortho nitro benzene ring substituents is 1. The van der Waals surface area contributed by atoms with Crippen molar-refractivity contribution in [3.05, 3.63) is 39.9 Å². The van der Waals surface area contributed by atoms with Gasteiger partial charge in [0.2, 0.25) is 5.91 Å². The molecule has 0 bridgehead atoms. The monoisotopic (exact) mass is 340 g/mol. The van der Waals surface area contributed by atoms with Crippen LogP contribution in [0.3, 0.4) is 0 Å². The van der Waals surface area contributed by atoms with Crippen molar-refractivity contribution in [1.29, 1.82) is 0 Å². The summed E-state index contributed by atoms with van der Waals surface area (Å²) in [6, 6.07) is 5.86. The molecule has 0 unspecified atom stereocenters. The van der Waals surface area contributed by atoms with Crippen molar-refractivity contribution in [2.75, 3.05) is 18.6 Å². The topological polar surface area (TPSA) is 97.6 Å². The zero-order valence-corrected chi connectivity index (χ0v) is 14.0. The highest BCUT2D eigenvalue weighted by Gasteiger charge is 2.31. The Morgan fingerprint density at radius 2 is 2.17 bits per heavy atom. The van der Waals surface area contributed by atoms with E-state index in [1.807, 2.05) is 0 Å². The van der Waals surface area contributed by atoms with Crippen molar-refractivity contribution in [1.82, 2.24) is 4.90 Å². The van der Waals surface area contributed by atoms with Crippen LogP contribution in [-0.4, -0.2) is 42.7 Å². The van der Waals surface area contributed by atoms with Gasteiger partial charge in [-0.05, 0) is 24.8 Å². The number of carbonyl (C=O) groups excluding carboxylic acids is 1. The number of sulfone groups is 1. The minimum atomic E-state index is -3.00. The maximum absolute atomic E-state index is 12.3. The Kier molecular flexibility index (Phi) is 5.03. The third-order valence-corrected chi connectivity index (χ3v) is 6.16. The summed E-state index contributed by atoms with van der Waals surface area (Å²) in [5, 5.41) is 10.8. The fourth-order valence-electron chi connectivity index (χ4n) is 2.76. The van der Waals surface area contributed by atoms with Gasteiger partial charge in [0.05, 0.1) is 22.5 Å². The van der Waals surface area contributed by atoms with Crippen LogP contribution in [0.5, 0.6) is 0 Å². The molecule has 1 saturated heterocycles. The second-order valence-electron chi connectivity index (χ2n) is 6.01. The molecule has 0 aliphatic carbocycles. The molecule has 7 nitrogen and oxygen atoms in total. The number of carbonyl (C=O) groups is 1. The van der Waals surface area contributed by atoms with Crippen LogP contribution in [-0.2, 0) is 14.6 Å². The molecule has 0 radical (unpaired) electrons. The van der Waals surface area contributed by atoms with E-state index in [1.54, 1.807) is 26.1 Å². The second kappa shape index (κ2) is 6.66. The Hall–Kier alpha value is -1.96. The van der Waals surface area contributed by atoms with Gasteiger partial charge in [-0.2, -0.15) is 0 Å². The summed E-state index contributed by atoms with van der Waals surface area (Å²) in [6.45, 7) is 1.79. The molecule has 2 atom stereocenters. The highest BCUT2D eigenvalue weighted by Crippen LogP contribution is 2.26. The Labute approximate surface area is 135 Å². The summed E-state index contributed by atoms with van der Waals surface area (Å²) in [7, 11) is -1.37. The lowest BCUT2D eigenvalue weighted by Crippen LogP contribution is -2.31. The number of benzene rings is 1. The smallest absolute Gasteiger partial charge is 0.269 e. The normalized spacial score (nSPS) is 20.9. The molecule has 8 heteroatoms. The van der Waals surface area contributed by atoms with Crippen molar-refractivity contribution in [2.45, 2.75) is 25.8 Å². The van der Waals surface area contributed by atoms with E-state index in [0.29, 0.717) is 12.0 Å². The number of rotatable bonds is 5. The van der Waals surface area contributed by atoms with Gasteiger partial charge in [0.1, 0.15) is 0 Å². The molecule has 2 rings (SSSR count). The maximum Gasteiger partial charge on any atom is 0.269 e. The van der Waals surface area contributed by atoms with E-state index in [2.05, 4.69) is 0 Å². The minimum absolute atomic E-state index is 0.0166. The van der Waals surface area contributed by atoms with E-state index < -0.39 is 14.8 Å².